The van der Waals surface area contributed by atoms with E-state index in [2.05, 4.69) is 12.2 Å². The number of rotatable bonds is 6. The fraction of sp³-hybridized carbons (Fsp3) is 0.235. The Balaban J connectivity index is 1.89. The molecule has 21 heavy (non-hydrogen) atoms. The van der Waals surface area contributed by atoms with E-state index in [-0.39, 0.29) is 11.8 Å². The van der Waals surface area contributed by atoms with Crippen molar-refractivity contribution in [2.24, 2.45) is 5.73 Å². The fourth-order valence-corrected chi connectivity index (χ4v) is 2.18. The summed E-state index contributed by atoms with van der Waals surface area (Å²) in [5.41, 5.74) is 8.00. The molecule has 4 nitrogen and oxygen atoms in total. The molecule has 0 aliphatic rings. The smallest absolute Gasteiger partial charge is 0.248 e. The van der Waals surface area contributed by atoms with Crippen molar-refractivity contribution in [2.45, 2.75) is 25.9 Å². The molecule has 0 aliphatic carbocycles. The van der Waals surface area contributed by atoms with Crippen molar-refractivity contribution in [1.29, 1.82) is 0 Å². The number of hydrogen-bond donors (Lipinski definition) is 3. The van der Waals surface area contributed by atoms with Crippen LogP contribution < -0.4 is 11.1 Å². The Morgan fingerprint density at radius 1 is 1.19 bits per heavy atom. The van der Waals surface area contributed by atoms with E-state index < -0.39 is 5.91 Å². The van der Waals surface area contributed by atoms with Gasteiger partial charge in [-0.05, 0) is 48.7 Å². The Hall–Kier alpha value is -2.33. The van der Waals surface area contributed by atoms with Gasteiger partial charge < -0.3 is 16.2 Å². The summed E-state index contributed by atoms with van der Waals surface area (Å²) in [6.07, 6.45) is 0.871. The molecule has 0 radical (unpaired) electrons. The number of benzene rings is 2. The van der Waals surface area contributed by atoms with Crippen molar-refractivity contribution in [1.82, 2.24) is 5.32 Å². The molecule has 2 rings (SSSR count). The van der Waals surface area contributed by atoms with Gasteiger partial charge >= 0.3 is 0 Å². The number of aromatic hydroxyl groups is 1. The maximum absolute atomic E-state index is 11.1. The van der Waals surface area contributed by atoms with E-state index in [1.54, 1.807) is 18.2 Å². The summed E-state index contributed by atoms with van der Waals surface area (Å²) in [7, 11) is 0. The summed E-state index contributed by atoms with van der Waals surface area (Å²) in [5, 5.41) is 12.7. The topological polar surface area (TPSA) is 75.3 Å². The van der Waals surface area contributed by atoms with Crippen LogP contribution in [0.15, 0.2) is 48.5 Å². The number of nitrogens with two attached hydrogens (primary N) is 1. The molecule has 0 heterocycles. The molecular weight excluding hydrogens is 264 g/mol. The molecule has 110 valence electrons. The minimum absolute atomic E-state index is 0.280. The summed E-state index contributed by atoms with van der Waals surface area (Å²) < 4.78 is 0. The number of carbonyl (C=O) groups is 1. The normalized spacial score (nSPS) is 12.0. The average Bonchev–Trinajstić information content (AvgIpc) is 2.48. The molecule has 4 N–H and O–H groups in total. The van der Waals surface area contributed by atoms with Gasteiger partial charge in [0.15, 0.2) is 0 Å². The number of phenols is 1. The van der Waals surface area contributed by atoms with Crippen LogP contribution in [0.2, 0.25) is 0 Å². The zero-order valence-electron chi connectivity index (χ0n) is 12.0. The van der Waals surface area contributed by atoms with Crippen LogP contribution in [0.3, 0.4) is 0 Å². The third-order valence-corrected chi connectivity index (χ3v) is 3.34. The monoisotopic (exact) mass is 284 g/mol. The Kier molecular flexibility index (Phi) is 4.95. The summed E-state index contributed by atoms with van der Waals surface area (Å²) in [4.78, 5) is 11.1. The van der Waals surface area contributed by atoms with Crippen LogP contribution in [-0.2, 0) is 13.0 Å². The molecule has 0 fully saturated rings. The highest BCUT2D eigenvalue weighted by molar-refractivity contribution is 5.92. The zero-order chi connectivity index (χ0) is 15.2. The van der Waals surface area contributed by atoms with Gasteiger partial charge in [0.25, 0.3) is 0 Å². The quantitative estimate of drug-likeness (QED) is 0.761. The highest BCUT2D eigenvalue weighted by Crippen LogP contribution is 2.11. The van der Waals surface area contributed by atoms with E-state index in [1.165, 1.54) is 5.56 Å². The standard InChI is InChI=1S/C17H20N2O2/c1-12(9-13-5-7-16(20)8-6-13)19-11-14-3-2-4-15(10-14)17(18)21/h2-8,10,12,19-20H,9,11H2,1H3,(H2,18,21). The van der Waals surface area contributed by atoms with Crippen molar-refractivity contribution in [2.75, 3.05) is 0 Å². The first-order valence-corrected chi connectivity index (χ1v) is 6.94. The first-order chi connectivity index (χ1) is 10.0. The summed E-state index contributed by atoms with van der Waals surface area (Å²) in [6.45, 7) is 2.78. The second kappa shape index (κ2) is 6.90. The second-order valence-electron chi connectivity index (χ2n) is 5.22. The van der Waals surface area contributed by atoms with E-state index in [0.717, 1.165) is 12.0 Å². The van der Waals surface area contributed by atoms with E-state index in [9.17, 15) is 9.90 Å². The number of primary amides is 1. The van der Waals surface area contributed by atoms with Crippen molar-refractivity contribution >= 4 is 5.91 Å². The molecule has 0 aliphatic heterocycles. The SMILES string of the molecule is CC(Cc1ccc(O)cc1)NCc1cccc(C(N)=O)c1. The van der Waals surface area contributed by atoms with Gasteiger partial charge in [-0.1, -0.05) is 24.3 Å². The van der Waals surface area contributed by atoms with Crippen molar-refractivity contribution in [3.8, 4) is 5.75 Å². The summed E-state index contributed by atoms with van der Waals surface area (Å²) in [5.74, 6) is -0.128. The predicted molar refractivity (Wildman–Crippen MR) is 83.1 cm³/mol. The van der Waals surface area contributed by atoms with E-state index >= 15 is 0 Å². The second-order valence-corrected chi connectivity index (χ2v) is 5.22. The van der Waals surface area contributed by atoms with Crippen LogP contribution in [0.25, 0.3) is 0 Å². The number of nitrogens with one attached hydrogen (secondary N) is 1. The third kappa shape index (κ3) is 4.61. The van der Waals surface area contributed by atoms with Crippen molar-refractivity contribution in [3.63, 3.8) is 0 Å². The van der Waals surface area contributed by atoms with Crippen LogP contribution in [0, 0.1) is 0 Å². The minimum Gasteiger partial charge on any atom is -0.508 e. The lowest BCUT2D eigenvalue weighted by molar-refractivity contribution is 0.1000. The van der Waals surface area contributed by atoms with Gasteiger partial charge in [0.1, 0.15) is 5.75 Å². The van der Waals surface area contributed by atoms with Gasteiger partial charge in [-0.3, -0.25) is 4.79 Å². The predicted octanol–water partition coefficient (Wildman–Crippen LogP) is 2.21. The maximum Gasteiger partial charge on any atom is 0.248 e. The van der Waals surface area contributed by atoms with Gasteiger partial charge in [-0.25, -0.2) is 0 Å². The minimum atomic E-state index is -0.408. The average molecular weight is 284 g/mol. The fourth-order valence-electron chi connectivity index (χ4n) is 2.18. The molecule has 0 spiro atoms. The lowest BCUT2D eigenvalue weighted by atomic mass is 10.1. The first kappa shape index (κ1) is 15.1. The van der Waals surface area contributed by atoms with Gasteiger partial charge in [-0.2, -0.15) is 0 Å². The highest BCUT2D eigenvalue weighted by atomic mass is 16.3. The van der Waals surface area contributed by atoms with Gasteiger partial charge in [0, 0.05) is 18.2 Å². The van der Waals surface area contributed by atoms with Crippen LogP contribution in [0.1, 0.15) is 28.4 Å². The van der Waals surface area contributed by atoms with E-state index in [1.807, 2.05) is 30.3 Å². The lowest BCUT2D eigenvalue weighted by Gasteiger charge is -2.14. The molecule has 0 bridgehead atoms. The Bertz CT molecular complexity index is 608. The van der Waals surface area contributed by atoms with Gasteiger partial charge in [0.05, 0.1) is 0 Å². The number of hydrogen-bond acceptors (Lipinski definition) is 3. The maximum atomic E-state index is 11.1. The zero-order valence-corrected chi connectivity index (χ0v) is 12.0. The van der Waals surface area contributed by atoms with Crippen LogP contribution >= 0.6 is 0 Å². The molecule has 1 unspecified atom stereocenters. The van der Waals surface area contributed by atoms with Crippen LogP contribution in [0.5, 0.6) is 5.75 Å². The molecule has 2 aromatic rings. The number of phenolic OH excluding ortho intramolecular Hbond substituents is 1. The molecule has 1 atom stereocenters. The molecular formula is C17H20N2O2. The molecule has 2 aromatic carbocycles. The molecule has 0 saturated carbocycles. The number of amides is 1. The summed E-state index contributed by atoms with van der Waals surface area (Å²) >= 11 is 0. The van der Waals surface area contributed by atoms with Gasteiger partial charge in [0.2, 0.25) is 5.91 Å². The van der Waals surface area contributed by atoms with E-state index in [4.69, 9.17) is 5.73 Å². The Morgan fingerprint density at radius 3 is 2.57 bits per heavy atom. The highest BCUT2D eigenvalue weighted by Gasteiger charge is 2.05. The third-order valence-electron chi connectivity index (χ3n) is 3.34. The Labute approximate surface area is 124 Å². The van der Waals surface area contributed by atoms with Crippen LogP contribution in [0.4, 0.5) is 0 Å². The number of carbonyl (C=O) groups excluding carboxylic acids is 1. The molecule has 0 saturated heterocycles. The lowest BCUT2D eigenvalue weighted by Crippen LogP contribution is -2.27. The molecule has 0 aromatic heterocycles. The van der Waals surface area contributed by atoms with Gasteiger partial charge in [-0.15, -0.1) is 0 Å². The largest absolute Gasteiger partial charge is 0.508 e. The van der Waals surface area contributed by atoms with Crippen LogP contribution in [-0.4, -0.2) is 17.1 Å². The Morgan fingerprint density at radius 2 is 1.90 bits per heavy atom. The molecule has 1 amide bonds. The van der Waals surface area contributed by atoms with Crippen molar-refractivity contribution < 1.29 is 9.90 Å². The van der Waals surface area contributed by atoms with E-state index in [0.29, 0.717) is 12.1 Å². The van der Waals surface area contributed by atoms with Crippen molar-refractivity contribution in [3.05, 3.63) is 65.2 Å². The molecule has 4 heteroatoms. The summed E-state index contributed by atoms with van der Waals surface area (Å²) in [6, 6.07) is 14.8. The first-order valence-electron chi connectivity index (χ1n) is 6.94.